The Bertz CT molecular complexity index is 611. The van der Waals surface area contributed by atoms with Crippen LogP contribution in [0.1, 0.15) is 18.4 Å². The molecule has 2 heteroatoms. The van der Waals surface area contributed by atoms with Gasteiger partial charge in [0.25, 0.3) is 0 Å². The van der Waals surface area contributed by atoms with Gasteiger partial charge in [-0.2, -0.15) is 0 Å². The van der Waals surface area contributed by atoms with Gasteiger partial charge in [0.15, 0.2) is 0 Å². The van der Waals surface area contributed by atoms with Gasteiger partial charge in [0.1, 0.15) is 5.75 Å². The molecule has 0 unspecified atom stereocenters. The lowest BCUT2D eigenvalue weighted by atomic mass is 9.96. The number of aromatic hydroxyl groups is 1. The van der Waals surface area contributed by atoms with E-state index in [-0.39, 0.29) is 5.41 Å². The average Bonchev–Trinajstić information content (AvgIpc) is 3.00. The number of aromatic nitrogens is 1. The number of terminal acetylenes is 1. The van der Waals surface area contributed by atoms with Crippen LogP contribution in [-0.2, 0) is 12.5 Å². The van der Waals surface area contributed by atoms with Gasteiger partial charge >= 0.3 is 0 Å². The van der Waals surface area contributed by atoms with Crippen LogP contribution >= 0.6 is 0 Å². The number of rotatable bonds is 1. The summed E-state index contributed by atoms with van der Waals surface area (Å²) in [5, 5.41) is 10.9. The monoisotopic (exact) mass is 211 g/mol. The molecule has 1 aromatic carbocycles. The molecule has 1 N–H and O–H groups in total. The maximum absolute atomic E-state index is 9.97. The highest BCUT2D eigenvalue weighted by molar-refractivity contribution is 5.91. The number of hydrogen-bond donors (Lipinski definition) is 1. The van der Waals surface area contributed by atoms with Gasteiger partial charge in [-0.3, -0.25) is 0 Å². The molecule has 1 aliphatic rings. The molecule has 2 nitrogen and oxygen atoms in total. The van der Waals surface area contributed by atoms with E-state index in [0.29, 0.717) is 5.75 Å². The number of phenols is 1. The van der Waals surface area contributed by atoms with Gasteiger partial charge in [-0.15, -0.1) is 6.42 Å². The van der Waals surface area contributed by atoms with E-state index in [4.69, 9.17) is 6.42 Å². The van der Waals surface area contributed by atoms with Crippen LogP contribution < -0.4 is 0 Å². The minimum atomic E-state index is -0.127. The second-order valence-corrected chi connectivity index (χ2v) is 4.55. The summed E-state index contributed by atoms with van der Waals surface area (Å²) < 4.78 is 2.03. The van der Waals surface area contributed by atoms with E-state index in [2.05, 4.69) is 12.1 Å². The second-order valence-electron chi connectivity index (χ2n) is 4.55. The normalized spacial score (nSPS) is 17.2. The fraction of sp³-hybridized carbons (Fsp3) is 0.286. The topological polar surface area (TPSA) is 25.2 Å². The zero-order valence-corrected chi connectivity index (χ0v) is 9.20. The summed E-state index contributed by atoms with van der Waals surface area (Å²) >= 11 is 0. The van der Waals surface area contributed by atoms with Gasteiger partial charge in [0.05, 0.1) is 10.9 Å². The van der Waals surface area contributed by atoms with Crippen LogP contribution in [0.2, 0.25) is 0 Å². The molecule has 1 aliphatic carbocycles. The Hall–Kier alpha value is -1.88. The molecule has 0 atom stereocenters. The standard InChI is InChI=1S/C14H13NO/c1-3-14(7-8-14)10-9-15(2)11-5-4-6-12(16)13(10)11/h1,4-6,9,16H,7-8H2,2H3. The number of fused-ring (bicyclic) bond motifs is 1. The quantitative estimate of drug-likeness (QED) is 0.720. The van der Waals surface area contributed by atoms with Gasteiger partial charge in [0.2, 0.25) is 0 Å². The molecule has 1 heterocycles. The van der Waals surface area contributed by atoms with Crippen molar-refractivity contribution in [3.8, 4) is 18.1 Å². The summed E-state index contributed by atoms with van der Waals surface area (Å²) in [4.78, 5) is 0. The molecule has 0 bridgehead atoms. The van der Waals surface area contributed by atoms with E-state index in [1.165, 1.54) is 0 Å². The van der Waals surface area contributed by atoms with Crippen molar-refractivity contribution in [3.63, 3.8) is 0 Å². The van der Waals surface area contributed by atoms with Gasteiger partial charge in [0, 0.05) is 18.6 Å². The summed E-state index contributed by atoms with van der Waals surface area (Å²) in [7, 11) is 1.98. The Morgan fingerprint density at radius 1 is 1.44 bits per heavy atom. The zero-order chi connectivity index (χ0) is 11.3. The van der Waals surface area contributed by atoms with Gasteiger partial charge in [-0.1, -0.05) is 12.0 Å². The molecular weight excluding hydrogens is 198 g/mol. The summed E-state index contributed by atoms with van der Waals surface area (Å²) in [5.74, 6) is 3.21. The first kappa shape index (κ1) is 9.35. The minimum Gasteiger partial charge on any atom is -0.507 e. The van der Waals surface area contributed by atoms with Crippen molar-refractivity contribution in [2.75, 3.05) is 0 Å². The Balaban J connectivity index is 2.39. The third-order valence-corrected chi connectivity index (χ3v) is 3.53. The lowest BCUT2D eigenvalue weighted by molar-refractivity contribution is 0.481. The van der Waals surface area contributed by atoms with Crippen molar-refractivity contribution in [3.05, 3.63) is 30.0 Å². The molecule has 2 aromatic rings. The van der Waals surface area contributed by atoms with Crippen LogP contribution in [0, 0.1) is 12.3 Å². The summed E-state index contributed by atoms with van der Waals surface area (Å²) in [5.41, 5.74) is 2.01. The number of nitrogens with zero attached hydrogens (tertiary/aromatic N) is 1. The third-order valence-electron chi connectivity index (χ3n) is 3.53. The summed E-state index contributed by atoms with van der Waals surface area (Å²) in [6.07, 6.45) is 9.71. The minimum absolute atomic E-state index is 0.127. The van der Waals surface area contributed by atoms with Crippen molar-refractivity contribution in [1.82, 2.24) is 4.57 Å². The van der Waals surface area contributed by atoms with Crippen molar-refractivity contribution in [2.24, 2.45) is 7.05 Å². The molecular formula is C14H13NO. The molecule has 1 fully saturated rings. The summed E-state index contributed by atoms with van der Waals surface area (Å²) in [6, 6.07) is 5.58. The van der Waals surface area contributed by atoms with E-state index in [1.54, 1.807) is 6.07 Å². The van der Waals surface area contributed by atoms with Crippen LogP contribution in [0.25, 0.3) is 10.9 Å². The van der Waals surface area contributed by atoms with Crippen molar-refractivity contribution in [1.29, 1.82) is 0 Å². The fourth-order valence-corrected chi connectivity index (χ4v) is 2.41. The summed E-state index contributed by atoms with van der Waals surface area (Å²) in [6.45, 7) is 0. The predicted molar refractivity (Wildman–Crippen MR) is 64.3 cm³/mol. The van der Waals surface area contributed by atoms with Gasteiger partial charge in [-0.25, -0.2) is 0 Å². The highest BCUT2D eigenvalue weighted by Crippen LogP contribution is 2.51. The molecule has 0 radical (unpaired) electrons. The van der Waals surface area contributed by atoms with E-state index in [9.17, 15) is 5.11 Å². The van der Waals surface area contributed by atoms with Crippen molar-refractivity contribution >= 4 is 10.9 Å². The lowest BCUT2D eigenvalue weighted by Crippen LogP contribution is -2.01. The van der Waals surface area contributed by atoms with Crippen LogP contribution in [0.4, 0.5) is 0 Å². The molecule has 3 rings (SSSR count). The molecule has 1 aromatic heterocycles. The average molecular weight is 211 g/mol. The molecule has 0 aliphatic heterocycles. The van der Waals surface area contributed by atoms with Crippen LogP contribution in [-0.4, -0.2) is 9.67 Å². The lowest BCUT2D eigenvalue weighted by Gasteiger charge is -2.06. The van der Waals surface area contributed by atoms with Gasteiger partial charge < -0.3 is 9.67 Å². The third kappa shape index (κ3) is 1.03. The van der Waals surface area contributed by atoms with Crippen molar-refractivity contribution in [2.45, 2.75) is 18.3 Å². The first-order valence-corrected chi connectivity index (χ1v) is 5.43. The highest BCUT2D eigenvalue weighted by atomic mass is 16.3. The van der Waals surface area contributed by atoms with Crippen LogP contribution in [0.5, 0.6) is 5.75 Å². The van der Waals surface area contributed by atoms with Crippen molar-refractivity contribution < 1.29 is 5.11 Å². The number of phenolic OH excluding ortho intramolecular Hbond substituents is 1. The first-order chi connectivity index (χ1) is 7.68. The molecule has 80 valence electrons. The number of benzene rings is 1. The van der Waals surface area contributed by atoms with E-state index in [1.807, 2.05) is 23.7 Å². The van der Waals surface area contributed by atoms with E-state index < -0.39 is 0 Å². The van der Waals surface area contributed by atoms with Crippen LogP contribution in [0.3, 0.4) is 0 Å². The highest BCUT2D eigenvalue weighted by Gasteiger charge is 2.44. The van der Waals surface area contributed by atoms with Crippen LogP contribution in [0.15, 0.2) is 24.4 Å². The number of aryl methyl sites for hydroxylation is 1. The SMILES string of the molecule is C#CC1(c2cn(C)c3cccc(O)c23)CC1. The fourth-order valence-electron chi connectivity index (χ4n) is 2.41. The number of hydrogen-bond acceptors (Lipinski definition) is 1. The van der Waals surface area contributed by atoms with Gasteiger partial charge in [-0.05, 0) is 30.5 Å². The maximum atomic E-state index is 9.97. The zero-order valence-electron chi connectivity index (χ0n) is 9.20. The Morgan fingerprint density at radius 2 is 2.19 bits per heavy atom. The molecule has 16 heavy (non-hydrogen) atoms. The first-order valence-electron chi connectivity index (χ1n) is 5.43. The Labute approximate surface area is 94.5 Å². The molecule has 0 amide bonds. The molecule has 1 saturated carbocycles. The maximum Gasteiger partial charge on any atom is 0.125 e. The Morgan fingerprint density at radius 3 is 2.81 bits per heavy atom. The van der Waals surface area contributed by atoms with E-state index >= 15 is 0 Å². The smallest absolute Gasteiger partial charge is 0.125 e. The van der Waals surface area contributed by atoms with E-state index in [0.717, 1.165) is 29.3 Å². The Kier molecular flexibility index (Phi) is 1.65. The molecule has 0 spiro atoms. The second kappa shape index (κ2) is 2.82. The largest absolute Gasteiger partial charge is 0.507 e. The molecule has 0 saturated heterocycles. The predicted octanol–water partition coefficient (Wildman–Crippen LogP) is 2.55.